The average Bonchev–Trinajstić information content (AvgIpc) is 3.48. The lowest BCUT2D eigenvalue weighted by atomic mass is 9.95. The van der Waals surface area contributed by atoms with Crippen molar-refractivity contribution in [1.29, 1.82) is 0 Å². The van der Waals surface area contributed by atoms with Crippen LogP contribution in [0.25, 0.3) is 16.8 Å². The van der Waals surface area contributed by atoms with Crippen molar-refractivity contribution in [3.8, 4) is 11.1 Å². The Kier molecular flexibility index (Phi) is 5.50. The first-order valence-electron chi connectivity index (χ1n) is 11.1. The second-order valence-corrected chi connectivity index (χ2v) is 8.47. The molecule has 36 heavy (non-hydrogen) atoms. The molecule has 2 atom stereocenters. The van der Waals surface area contributed by atoms with Crippen molar-refractivity contribution in [3.63, 3.8) is 0 Å². The highest BCUT2D eigenvalue weighted by molar-refractivity contribution is 5.90. The monoisotopic (exact) mass is 496 g/mol. The van der Waals surface area contributed by atoms with Crippen molar-refractivity contribution < 1.29 is 27.6 Å². The number of fused-ring (bicyclic) bond motifs is 1. The minimum absolute atomic E-state index is 0.0618. The van der Waals surface area contributed by atoms with E-state index in [-0.39, 0.29) is 29.3 Å². The molecule has 0 saturated heterocycles. The number of carbonyl (C=O) groups excluding carboxylic acids is 1. The summed E-state index contributed by atoms with van der Waals surface area (Å²) >= 11 is 0. The van der Waals surface area contributed by atoms with Gasteiger partial charge in [0.05, 0.1) is 40.1 Å². The molecule has 184 valence electrons. The van der Waals surface area contributed by atoms with Crippen LogP contribution in [0.3, 0.4) is 0 Å². The van der Waals surface area contributed by atoms with E-state index in [0.717, 1.165) is 17.7 Å². The lowest BCUT2D eigenvalue weighted by Gasteiger charge is -2.18. The number of nitrogens with zero attached hydrogens (tertiary/aromatic N) is 4. The summed E-state index contributed by atoms with van der Waals surface area (Å²) in [6.45, 7) is 1.89. The molecule has 0 spiro atoms. The van der Waals surface area contributed by atoms with Gasteiger partial charge in [-0.3, -0.25) is 14.9 Å². The molecule has 1 unspecified atom stereocenters. The topological polar surface area (TPSA) is 99.6 Å². The minimum Gasteiger partial charge on any atom is -0.465 e. The summed E-state index contributed by atoms with van der Waals surface area (Å²) in [5.74, 6) is -0.611. The highest BCUT2D eigenvalue weighted by atomic mass is 19.4. The van der Waals surface area contributed by atoms with Crippen molar-refractivity contribution in [2.45, 2.75) is 30.9 Å². The van der Waals surface area contributed by atoms with E-state index in [9.17, 15) is 28.1 Å². The van der Waals surface area contributed by atoms with Gasteiger partial charge in [-0.25, -0.2) is 9.50 Å². The van der Waals surface area contributed by atoms with Crippen LogP contribution in [0.1, 0.15) is 36.1 Å². The maximum Gasteiger partial charge on any atom is 0.416 e. The normalized spacial score (nSPS) is 19.3. The number of benzene rings is 2. The van der Waals surface area contributed by atoms with Gasteiger partial charge < -0.3 is 4.74 Å². The first kappa shape index (κ1) is 23.5. The van der Waals surface area contributed by atoms with Crippen LogP contribution in [-0.2, 0) is 21.1 Å². The number of ether oxygens (including phenoxy) is 1. The van der Waals surface area contributed by atoms with Crippen LogP contribution in [0.4, 0.5) is 18.9 Å². The molecule has 0 bridgehead atoms. The molecule has 1 fully saturated rings. The highest BCUT2D eigenvalue weighted by Crippen LogP contribution is 2.61. The third-order valence-corrected chi connectivity index (χ3v) is 6.47. The van der Waals surface area contributed by atoms with Gasteiger partial charge in [-0.1, -0.05) is 30.3 Å². The van der Waals surface area contributed by atoms with Crippen molar-refractivity contribution in [3.05, 3.63) is 93.9 Å². The fourth-order valence-corrected chi connectivity index (χ4v) is 4.73. The summed E-state index contributed by atoms with van der Waals surface area (Å²) < 4.78 is 46.3. The number of aromatic nitrogens is 3. The first-order valence-corrected chi connectivity index (χ1v) is 11.1. The molecule has 0 amide bonds. The van der Waals surface area contributed by atoms with Gasteiger partial charge in [-0.2, -0.15) is 18.3 Å². The Labute approximate surface area is 202 Å². The van der Waals surface area contributed by atoms with E-state index in [1.54, 1.807) is 13.0 Å². The van der Waals surface area contributed by atoms with E-state index < -0.39 is 33.7 Å². The second kappa shape index (κ2) is 8.43. The summed E-state index contributed by atoms with van der Waals surface area (Å²) in [4.78, 5) is 28.3. The van der Waals surface area contributed by atoms with Crippen LogP contribution in [0.2, 0.25) is 0 Å². The fraction of sp³-hybridized carbons (Fsp3) is 0.240. The zero-order valence-electron chi connectivity index (χ0n) is 18.9. The predicted octanol–water partition coefficient (Wildman–Crippen LogP) is 5.31. The standard InChI is InChI=1S/C25H19F3N4O4/c1-2-36-23(33)24(13-19(24)15-6-4-3-5-7-15)21-10-11-29-22-18(14-30-31(21)22)17-9-8-16(25(26,27)28)12-20(17)32(34)35/h3-12,14,19H,2,13H2,1H3/t19?,24-/m1/s1. The zero-order valence-corrected chi connectivity index (χ0v) is 18.9. The van der Waals surface area contributed by atoms with Gasteiger partial charge in [-0.05, 0) is 37.1 Å². The zero-order chi connectivity index (χ0) is 25.7. The number of alkyl halides is 3. The van der Waals surface area contributed by atoms with Gasteiger partial charge in [-0.15, -0.1) is 0 Å². The van der Waals surface area contributed by atoms with Gasteiger partial charge in [0.2, 0.25) is 0 Å². The third-order valence-electron chi connectivity index (χ3n) is 6.47. The number of esters is 1. The molecular formula is C25H19F3N4O4. The molecule has 0 radical (unpaired) electrons. The third kappa shape index (κ3) is 3.67. The van der Waals surface area contributed by atoms with E-state index >= 15 is 0 Å². The average molecular weight is 496 g/mol. The van der Waals surface area contributed by atoms with E-state index in [1.807, 2.05) is 30.3 Å². The van der Waals surface area contributed by atoms with Gasteiger partial charge in [0.15, 0.2) is 5.65 Å². The SMILES string of the molecule is CCOC(=O)[C@]1(c2ccnc3c(-c4ccc(C(F)(F)F)cc4[N+](=O)[O-])cnn23)CC1c1ccccc1. The largest absolute Gasteiger partial charge is 0.465 e. The van der Waals surface area contributed by atoms with Crippen LogP contribution in [0.15, 0.2) is 67.0 Å². The molecule has 0 aliphatic heterocycles. The summed E-state index contributed by atoms with van der Waals surface area (Å²) in [5, 5.41) is 16.0. The van der Waals surface area contributed by atoms with Gasteiger partial charge in [0.25, 0.3) is 5.69 Å². The number of hydrogen-bond donors (Lipinski definition) is 0. The molecule has 1 aliphatic rings. The Hall–Kier alpha value is -4.28. The molecule has 1 saturated carbocycles. The maximum absolute atomic E-state index is 13.2. The summed E-state index contributed by atoms with van der Waals surface area (Å²) in [5.41, 5.74) is -1.18. The molecular weight excluding hydrogens is 477 g/mol. The molecule has 8 nitrogen and oxygen atoms in total. The van der Waals surface area contributed by atoms with Gasteiger partial charge in [0, 0.05) is 18.2 Å². The van der Waals surface area contributed by atoms with Crippen molar-refractivity contribution in [2.75, 3.05) is 6.61 Å². The maximum atomic E-state index is 13.2. The van der Waals surface area contributed by atoms with Crippen molar-refractivity contribution >= 4 is 17.3 Å². The first-order chi connectivity index (χ1) is 17.2. The molecule has 0 N–H and O–H groups in total. The smallest absolute Gasteiger partial charge is 0.416 e. The Morgan fingerprint density at radius 2 is 1.94 bits per heavy atom. The molecule has 2 aromatic carbocycles. The molecule has 2 heterocycles. The molecule has 1 aliphatic carbocycles. The molecule has 4 aromatic rings. The number of hydrogen-bond acceptors (Lipinski definition) is 6. The van der Waals surface area contributed by atoms with Crippen LogP contribution in [0, 0.1) is 10.1 Å². The van der Waals surface area contributed by atoms with Crippen LogP contribution in [-0.4, -0.2) is 32.1 Å². The highest BCUT2D eigenvalue weighted by Gasteiger charge is 2.64. The molecule has 2 aromatic heterocycles. The number of nitro groups is 1. The van der Waals surface area contributed by atoms with Crippen LogP contribution in [0.5, 0.6) is 0 Å². The minimum atomic E-state index is -4.74. The fourth-order valence-electron chi connectivity index (χ4n) is 4.73. The van der Waals surface area contributed by atoms with E-state index in [4.69, 9.17) is 4.74 Å². The van der Waals surface area contributed by atoms with E-state index in [0.29, 0.717) is 18.2 Å². The van der Waals surface area contributed by atoms with Gasteiger partial charge >= 0.3 is 12.1 Å². The van der Waals surface area contributed by atoms with E-state index in [1.165, 1.54) is 16.9 Å². The second-order valence-electron chi connectivity index (χ2n) is 8.47. The summed E-state index contributed by atoms with van der Waals surface area (Å²) in [6.07, 6.45) is -1.52. The molecule has 11 heteroatoms. The quantitative estimate of drug-likeness (QED) is 0.204. The number of rotatable bonds is 6. The Morgan fingerprint density at radius 3 is 2.61 bits per heavy atom. The number of carbonyl (C=O) groups is 1. The number of halogens is 3. The summed E-state index contributed by atoms with van der Waals surface area (Å²) in [6, 6.07) is 13.4. The lowest BCUT2D eigenvalue weighted by molar-refractivity contribution is -0.384. The Balaban J connectivity index is 1.67. The lowest BCUT2D eigenvalue weighted by Crippen LogP contribution is -2.28. The summed E-state index contributed by atoms with van der Waals surface area (Å²) in [7, 11) is 0. The Morgan fingerprint density at radius 1 is 1.19 bits per heavy atom. The van der Waals surface area contributed by atoms with Crippen LogP contribution < -0.4 is 0 Å². The molecule has 5 rings (SSSR count). The van der Waals surface area contributed by atoms with Crippen LogP contribution >= 0.6 is 0 Å². The Bertz CT molecular complexity index is 1490. The predicted molar refractivity (Wildman–Crippen MR) is 122 cm³/mol. The number of nitro benzene ring substituents is 1. The van der Waals surface area contributed by atoms with E-state index in [2.05, 4.69) is 10.1 Å². The van der Waals surface area contributed by atoms with Crippen molar-refractivity contribution in [1.82, 2.24) is 14.6 Å². The van der Waals surface area contributed by atoms with Gasteiger partial charge in [0.1, 0.15) is 5.41 Å². The van der Waals surface area contributed by atoms with Crippen molar-refractivity contribution in [2.24, 2.45) is 0 Å².